The van der Waals surface area contributed by atoms with Crippen molar-refractivity contribution >= 4 is 17.5 Å². The van der Waals surface area contributed by atoms with Gasteiger partial charge < -0.3 is 5.21 Å². The molecule has 1 aromatic rings. The molecule has 12 heavy (non-hydrogen) atoms. The molecule has 1 aromatic heterocycles. The van der Waals surface area contributed by atoms with E-state index in [9.17, 15) is 0 Å². The van der Waals surface area contributed by atoms with Gasteiger partial charge in [-0.1, -0.05) is 5.16 Å². The van der Waals surface area contributed by atoms with Gasteiger partial charge in [-0.3, -0.25) is 4.68 Å². The monoisotopic (exact) mass is 183 g/mol. The van der Waals surface area contributed by atoms with Gasteiger partial charge in [0.25, 0.3) is 0 Å². The Balaban J connectivity index is 2.55. The Morgan fingerprint density at radius 3 is 3.33 bits per heavy atom. The molecule has 0 bridgehead atoms. The van der Waals surface area contributed by atoms with Crippen LogP contribution in [-0.4, -0.2) is 26.5 Å². The van der Waals surface area contributed by atoms with Crippen LogP contribution in [0.5, 0.6) is 0 Å². The largest absolute Gasteiger partial charge is 0.411 e. The first-order valence-corrected chi connectivity index (χ1v) is 4.67. The van der Waals surface area contributed by atoms with E-state index < -0.39 is 0 Å². The number of thioether (sulfide) groups is 1. The molecular formula is C7H9N3OS. The summed E-state index contributed by atoms with van der Waals surface area (Å²) in [6.07, 6.45) is 2.62. The fourth-order valence-electron chi connectivity index (χ4n) is 1.33. The van der Waals surface area contributed by atoms with E-state index in [4.69, 9.17) is 5.21 Å². The molecule has 0 spiro atoms. The van der Waals surface area contributed by atoms with Gasteiger partial charge >= 0.3 is 0 Å². The average molecular weight is 183 g/mol. The Kier molecular flexibility index (Phi) is 1.80. The first kappa shape index (κ1) is 7.67. The summed E-state index contributed by atoms with van der Waals surface area (Å²) in [5.74, 6) is 0.970. The summed E-state index contributed by atoms with van der Waals surface area (Å²) in [6.45, 7) is 0. The zero-order valence-corrected chi connectivity index (χ0v) is 7.51. The smallest absolute Gasteiger partial charge is 0.107 e. The molecule has 4 nitrogen and oxygen atoms in total. The van der Waals surface area contributed by atoms with Gasteiger partial charge in [0.05, 0.1) is 16.8 Å². The molecule has 0 fully saturated rings. The Labute approximate surface area is 74.3 Å². The minimum atomic E-state index is 0.740. The molecule has 0 saturated heterocycles. The normalized spacial score (nSPS) is 19.6. The van der Waals surface area contributed by atoms with E-state index in [-0.39, 0.29) is 0 Å². The molecule has 1 aliphatic heterocycles. The number of nitrogens with zero attached hydrogens (tertiary/aromatic N) is 3. The van der Waals surface area contributed by atoms with Gasteiger partial charge in [0.1, 0.15) is 5.71 Å². The molecule has 0 aliphatic carbocycles. The van der Waals surface area contributed by atoms with E-state index in [1.807, 2.05) is 13.2 Å². The van der Waals surface area contributed by atoms with Crippen molar-refractivity contribution in [3.05, 3.63) is 11.9 Å². The SMILES string of the molecule is Cn1ncc2c1/C(=N/O)CCS2. The molecule has 5 heteroatoms. The molecule has 0 saturated carbocycles. The summed E-state index contributed by atoms with van der Waals surface area (Å²) >= 11 is 1.75. The standard InChI is InChI=1S/C7H9N3OS/c1-10-7-5(9-11)2-3-12-6(7)4-8-10/h4,11H,2-3H2,1H3/b9-5+. The van der Waals surface area contributed by atoms with Gasteiger partial charge in [-0.25, -0.2) is 0 Å². The third-order valence-electron chi connectivity index (χ3n) is 1.90. The van der Waals surface area contributed by atoms with E-state index in [0.29, 0.717) is 0 Å². The lowest BCUT2D eigenvalue weighted by Crippen LogP contribution is -2.13. The van der Waals surface area contributed by atoms with Crippen molar-refractivity contribution < 1.29 is 5.21 Å². The summed E-state index contributed by atoms with van der Waals surface area (Å²) < 4.78 is 1.75. The van der Waals surface area contributed by atoms with Crippen LogP contribution in [0.3, 0.4) is 0 Å². The van der Waals surface area contributed by atoms with Crippen LogP contribution >= 0.6 is 11.8 Å². The van der Waals surface area contributed by atoms with Crippen LogP contribution < -0.4 is 0 Å². The summed E-state index contributed by atoms with van der Waals surface area (Å²) in [5, 5.41) is 16.1. The lowest BCUT2D eigenvalue weighted by molar-refractivity contribution is 0.317. The van der Waals surface area contributed by atoms with Gasteiger partial charge in [0.2, 0.25) is 0 Å². The van der Waals surface area contributed by atoms with E-state index in [0.717, 1.165) is 28.5 Å². The van der Waals surface area contributed by atoms with Crippen molar-refractivity contribution in [2.24, 2.45) is 12.2 Å². The number of aryl methyl sites for hydroxylation is 1. The Morgan fingerprint density at radius 2 is 2.58 bits per heavy atom. The van der Waals surface area contributed by atoms with Gasteiger partial charge in [0.15, 0.2) is 0 Å². The van der Waals surface area contributed by atoms with Gasteiger partial charge in [-0.15, -0.1) is 11.8 Å². The minimum absolute atomic E-state index is 0.740. The van der Waals surface area contributed by atoms with Crippen molar-refractivity contribution in [2.45, 2.75) is 11.3 Å². The number of hydrogen-bond donors (Lipinski definition) is 1. The summed E-state index contributed by atoms with van der Waals surface area (Å²) in [4.78, 5) is 1.11. The van der Waals surface area contributed by atoms with Crippen LogP contribution in [-0.2, 0) is 7.05 Å². The van der Waals surface area contributed by atoms with Gasteiger partial charge in [0, 0.05) is 19.2 Å². The average Bonchev–Trinajstić information content (AvgIpc) is 2.48. The highest BCUT2D eigenvalue weighted by atomic mass is 32.2. The first-order valence-electron chi connectivity index (χ1n) is 3.69. The van der Waals surface area contributed by atoms with E-state index >= 15 is 0 Å². The highest BCUT2D eigenvalue weighted by Crippen LogP contribution is 2.29. The van der Waals surface area contributed by atoms with Crippen LogP contribution in [0.2, 0.25) is 0 Å². The number of hydrogen-bond acceptors (Lipinski definition) is 4. The van der Waals surface area contributed by atoms with Crippen molar-refractivity contribution in [2.75, 3.05) is 5.75 Å². The molecule has 1 aliphatic rings. The highest BCUT2D eigenvalue weighted by molar-refractivity contribution is 7.99. The maximum absolute atomic E-state index is 8.72. The van der Waals surface area contributed by atoms with E-state index in [1.54, 1.807) is 16.4 Å². The molecule has 1 N–H and O–H groups in total. The second-order valence-corrected chi connectivity index (χ2v) is 3.76. The predicted molar refractivity (Wildman–Crippen MR) is 46.9 cm³/mol. The lowest BCUT2D eigenvalue weighted by atomic mass is 10.2. The van der Waals surface area contributed by atoms with E-state index in [2.05, 4.69) is 10.3 Å². The fourth-order valence-corrected chi connectivity index (χ4v) is 2.35. The number of fused-ring (bicyclic) bond motifs is 1. The maximum Gasteiger partial charge on any atom is 0.107 e. The summed E-state index contributed by atoms with van der Waals surface area (Å²) in [6, 6.07) is 0. The quantitative estimate of drug-likeness (QED) is 0.484. The molecular weight excluding hydrogens is 174 g/mol. The van der Waals surface area contributed by atoms with Gasteiger partial charge in [-0.2, -0.15) is 5.10 Å². The molecule has 2 heterocycles. The Bertz CT molecular complexity index is 331. The molecule has 0 amide bonds. The highest BCUT2D eigenvalue weighted by Gasteiger charge is 2.20. The zero-order chi connectivity index (χ0) is 8.55. The molecule has 0 radical (unpaired) electrons. The maximum atomic E-state index is 8.72. The number of rotatable bonds is 0. The third-order valence-corrected chi connectivity index (χ3v) is 2.91. The van der Waals surface area contributed by atoms with Crippen molar-refractivity contribution in [1.29, 1.82) is 0 Å². The lowest BCUT2D eigenvalue weighted by Gasteiger charge is -2.12. The number of oxime groups is 1. The predicted octanol–water partition coefficient (Wildman–Crippen LogP) is 1.09. The fraction of sp³-hybridized carbons (Fsp3) is 0.429. The molecule has 0 aromatic carbocycles. The van der Waals surface area contributed by atoms with Crippen molar-refractivity contribution in [3.8, 4) is 0 Å². The second-order valence-electron chi connectivity index (χ2n) is 2.63. The van der Waals surface area contributed by atoms with Crippen molar-refractivity contribution in [1.82, 2.24) is 9.78 Å². The Hall–Kier alpha value is -0.970. The third kappa shape index (κ3) is 1.01. The van der Waals surface area contributed by atoms with Crippen LogP contribution in [0.15, 0.2) is 16.2 Å². The molecule has 64 valence electrons. The molecule has 0 atom stereocenters. The van der Waals surface area contributed by atoms with E-state index in [1.165, 1.54) is 0 Å². The Morgan fingerprint density at radius 1 is 1.75 bits per heavy atom. The number of aromatic nitrogens is 2. The summed E-state index contributed by atoms with van der Waals surface area (Å²) in [5.41, 5.74) is 1.69. The van der Waals surface area contributed by atoms with Crippen LogP contribution in [0.4, 0.5) is 0 Å². The first-order chi connectivity index (χ1) is 5.83. The molecule has 0 unspecified atom stereocenters. The van der Waals surface area contributed by atoms with Gasteiger partial charge in [-0.05, 0) is 0 Å². The minimum Gasteiger partial charge on any atom is -0.411 e. The van der Waals surface area contributed by atoms with Crippen LogP contribution in [0.1, 0.15) is 12.1 Å². The molecule has 2 rings (SSSR count). The second kappa shape index (κ2) is 2.82. The summed E-state index contributed by atoms with van der Waals surface area (Å²) in [7, 11) is 1.86. The van der Waals surface area contributed by atoms with Crippen LogP contribution in [0, 0.1) is 0 Å². The van der Waals surface area contributed by atoms with Crippen LogP contribution in [0.25, 0.3) is 0 Å². The topological polar surface area (TPSA) is 50.4 Å². The zero-order valence-electron chi connectivity index (χ0n) is 6.69. The van der Waals surface area contributed by atoms with Crippen molar-refractivity contribution in [3.63, 3.8) is 0 Å².